The molecule has 0 amide bonds. The van der Waals surface area contributed by atoms with Gasteiger partial charge in [-0.3, -0.25) is 0 Å². The van der Waals surface area contributed by atoms with E-state index in [2.05, 4.69) is 10.1 Å². The maximum absolute atomic E-state index is 12.2. The highest BCUT2D eigenvalue weighted by Gasteiger charge is 2.10. The van der Waals surface area contributed by atoms with E-state index in [-0.39, 0.29) is 11.5 Å². The molecule has 0 bridgehead atoms. The van der Waals surface area contributed by atoms with Crippen molar-refractivity contribution in [2.24, 2.45) is 0 Å². The van der Waals surface area contributed by atoms with Gasteiger partial charge < -0.3 is 19.5 Å². The average Bonchev–Trinajstić information content (AvgIpc) is 2.43. The van der Waals surface area contributed by atoms with Crippen LogP contribution in [0.5, 0.6) is 11.5 Å². The summed E-state index contributed by atoms with van der Waals surface area (Å²) in [6, 6.07) is 4.79. The van der Waals surface area contributed by atoms with Gasteiger partial charge in [0.1, 0.15) is 0 Å². The van der Waals surface area contributed by atoms with Crippen molar-refractivity contribution in [3.8, 4) is 11.5 Å². The van der Waals surface area contributed by atoms with E-state index in [1.165, 1.54) is 13.2 Å². The number of benzene rings is 1. The third-order valence-corrected chi connectivity index (χ3v) is 2.46. The maximum Gasteiger partial charge on any atom is 0.387 e. The van der Waals surface area contributed by atoms with Crippen LogP contribution in [0.4, 0.5) is 8.78 Å². The van der Waals surface area contributed by atoms with Crippen LogP contribution in [0.1, 0.15) is 5.56 Å². The quantitative estimate of drug-likeness (QED) is 0.709. The Kier molecular flexibility index (Phi) is 7.60. The lowest BCUT2D eigenvalue weighted by atomic mass is 10.2. The Morgan fingerprint density at radius 2 is 2.05 bits per heavy atom. The first-order valence-electron chi connectivity index (χ1n) is 6.16. The summed E-state index contributed by atoms with van der Waals surface area (Å²) in [6.45, 7) is -0.747. The Bertz CT molecular complexity index is 425. The minimum Gasteiger partial charge on any atom is -0.493 e. The monoisotopic (exact) mass is 287 g/mol. The second-order valence-electron chi connectivity index (χ2n) is 3.89. The summed E-state index contributed by atoms with van der Waals surface area (Å²) in [6.07, 6.45) is 3.80. The molecule has 0 unspecified atom stereocenters. The molecule has 0 saturated heterocycles. The highest BCUT2D eigenvalue weighted by molar-refractivity contribution is 5.56. The van der Waals surface area contributed by atoms with Crippen molar-refractivity contribution in [2.75, 3.05) is 33.9 Å². The van der Waals surface area contributed by atoms with Crippen LogP contribution in [-0.4, -0.2) is 40.5 Å². The van der Waals surface area contributed by atoms with Crippen molar-refractivity contribution >= 4 is 6.08 Å². The molecular formula is C14H19F2NO3. The van der Waals surface area contributed by atoms with Gasteiger partial charge in [0, 0.05) is 20.2 Å². The molecule has 0 saturated carbocycles. The molecule has 0 heterocycles. The first-order valence-corrected chi connectivity index (χ1v) is 6.16. The fourth-order valence-corrected chi connectivity index (χ4v) is 1.54. The van der Waals surface area contributed by atoms with Gasteiger partial charge in [0.15, 0.2) is 11.5 Å². The van der Waals surface area contributed by atoms with E-state index >= 15 is 0 Å². The first-order chi connectivity index (χ1) is 9.67. The van der Waals surface area contributed by atoms with Crippen LogP contribution >= 0.6 is 0 Å². The minimum absolute atomic E-state index is 0.0258. The third-order valence-electron chi connectivity index (χ3n) is 2.46. The molecule has 0 spiro atoms. The SMILES string of the molecule is COCCNCC=Cc1ccc(OC(F)F)c(OC)c1. The summed E-state index contributed by atoms with van der Waals surface area (Å²) in [4.78, 5) is 0. The Labute approximate surface area is 117 Å². The molecule has 1 aromatic rings. The lowest BCUT2D eigenvalue weighted by molar-refractivity contribution is -0.0512. The first kappa shape index (κ1) is 16.4. The van der Waals surface area contributed by atoms with Crippen molar-refractivity contribution in [2.45, 2.75) is 6.61 Å². The largest absolute Gasteiger partial charge is 0.493 e. The molecule has 0 aromatic heterocycles. The zero-order valence-corrected chi connectivity index (χ0v) is 11.6. The molecule has 6 heteroatoms. The fraction of sp³-hybridized carbons (Fsp3) is 0.429. The number of nitrogens with one attached hydrogen (secondary N) is 1. The van der Waals surface area contributed by atoms with E-state index in [1.54, 1.807) is 19.2 Å². The smallest absolute Gasteiger partial charge is 0.387 e. The zero-order chi connectivity index (χ0) is 14.8. The Hall–Kier alpha value is -1.66. The van der Waals surface area contributed by atoms with Crippen molar-refractivity contribution in [1.29, 1.82) is 0 Å². The van der Waals surface area contributed by atoms with Crippen molar-refractivity contribution in [3.63, 3.8) is 0 Å². The van der Waals surface area contributed by atoms with E-state index < -0.39 is 6.61 Å². The highest BCUT2D eigenvalue weighted by Crippen LogP contribution is 2.29. The highest BCUT2D eigenvalue weighted by atomic mass is 19.3. The van der Waals surface area contributed by atoms with E-state index in [1.807, 2.05) is 12.2 Å². The molecule has 20 heavy (non-hydrogen) atoms. The summed E-state index contributed by atoms with van der Waals surface area (Å²) in [7, 11) is 3.06. The van der Waals surface area contributed by atoms with E-state index in [9.17, 15) is 8.78 Å². The molecule has 0 aliphatic carbocycles. The number of alkyl halides is 2. The van der Waals surface area contributed by atoms with Crippen LogP contribution in [0.2, 0.25) is 0 Å². The van der Waals surface area contributed by atoms with Crippen LogP contribution in [-0.2, 0) is 4.74 Å². The lowest BCUT2D eigenvalue weighted by Crippen LogP contribution is -2.18. The predicted octanol–water partition coefficient (Wildman–Crippen LogP) is 2.55. The second-order valence-corrected chi connectivity index (χ2v) is 3.89. The zero-order valence-electron chi connectivity index (χ0n) is 11.6. The van der Waals surface area contributed by atoms with Gasteiger partial charge in [-0.05, 0) is 17.7 Å². The van der Waals surface area contributed by atoms with Gasteiger partial charge in [-0.25, -0.2) is 0 Å². The molecular weight excluding hydrogens is 268 g/mol. The number of rotatable bonds is 9. The van der Waals surface area contributed by atoms with Gasteiger partial charge in [-0.2, -0.15) is 8.78 Å². The third kappa shape index (κ3) is 5.99. The molecule has 1 rings (SSSR count). The summed E-state index contributed by atoms with van der Waals surface area (Å²) in [5.41, 5.74) is 0.844. The van der Waals surface area contributed by atoms with Gasteiger partial charge in [0.2, 0.25) is 0 Å². The molecule has 0 fully saturated rings. The summed E-state index contributed by atoms with van der Waals surface area (Å²) >= 11 is 0. The van der Waals surface area contributed by atoms with Crippen LogP contribution < -0.4 is 14.8 Å². The lowest BCUT2D eigenvalue weighted by Gasteiger charge is -2.10. The Morgan fingerprint density at radius 1 is 1.25 bits per heavy atom. The topological polar surface area (TPSA) is 39.7 Å². The second kappa shape index (κ2) is 9.28. The molecule has 1 aromatic carbocycles. The summed E-state index contributed by atoms with van der Waals surface area (Å²) in [5.74, 6) is 0.303. The van der Waals surface area contributed by atoms with Crippen LogP contribution in [0.15, 0.2) is 24.3 Å². The van der Waals surface area contributed by atoms with E-state index in [0.29, 0.717) is 13.2 Å². The molecule has 0 aliphatic heterocycles. The Morgan fingerprint density at radius 3 is 2.70 bits per heavy atom. The van der Waals surface area contributed by atoms with Gasteiger partial charge in [-0.15, -0.1) is 0 Å². The summed E-state index contributed by atoms with van der Waals surface area (Å²) < 4.78 is 38.6. The molecule has 0 radical (unpaired) electrons. The number of ether oxygens (including phenoxy) is 3. The van der Waals surface area contributed by atoms with E-state index in [0.717, 1.165) is 12.1 Å². The normalized spacial score (nSPS) is 11.2. The molecule has 1 N–H and O–H groups in total. The van der Waals surface area contributed by atoms with Crippen molar-refractivity contribution in [1.82, 2.24) is 5.32 Å². The van der Waals surface area contributed by atoms with Crippen LogP contribution in [0.25, 0.3) is 6.08 Å². The Balaban J connectivity index is 2.56. The van der Waals surface area contributed by atoms with Gasteiger partial charge >= 0.3 is 6.61 Å². The van der Waals surface area contributed by atoms with Crippen LogP contribution in [0, 0.1) is 0 Å². The van der Waals surface area contributed by atoms with Crippen molar-refractivity contribution in [3.05, 3.63) is 29.8 Å². The van der Waals surface area contributed by atoms with Crippen LogP contribution in [0.3, 0.4) is 0 Å². The van der Waals surface area contributed by atoms with Crippen molar-refractivity contribution < 1.29 is 23.0 Å². The number of hydrogen-bond donors (Lipinski definition) is 1. The summed E-state index contributed by atoms with van der Waals surface area (Å²) in [5, 5.41) is 3.16. The maximum atomic E-state index is 12.2. The standard InChI is InChI=1S/C14H19F2NO3/c1-18-9-8-17-7-3-4-11-5-6-12(20-14(15)16)13(10-11)19-2/h3-6,10,14,17H,7-9H2,1-2H3. The van der Waals surface area contributed by atoms with Gasteiger partial charge in [-0.1, -0.05) is 18.2 Å². The minimum atomic E-state index is -2.87. The number of halogens is 2. The van der Waals surface area contributed by atoms with Gasteiger partial charge in [0.25, 0.3) is 0 Å². The molecule has 0 aliphatic rings. The predicted molar refractivity (Wildman–Crippen MR) is 73.4 cm³/mol. The van der Waals surface area contributed by atoms with Gasteiger partial charge in [0.05, 0.1) is 13.7 Å². The number of methoxy groups -OCH3 is 2. The molecule has 0 atom stereocenters. The van der Waals surface area contributed by atoms with E-state index in [4.69, 9.17) is 9.47 Å². The molecule has 4 nitrogen and oxygen atoms in total. The fourth-order valence-electron chi connectivity index (χ4n) is 1.54. The average molecular weight is 287 g/mol. The molecule has 112 valence electrons. The number of hydrogen-bond acceptors (Lipinski definition) is 4.